The van der Waals surface area contributed by atoms with Crippen LogP contribution < -0.4 is 0 Å². The lowest BCUT2D eigenvalue weighted by molar-refractivity contribution is -0.144. The highest BCUT2D eigenvalue weighted by molar-refractivity contribution is 5.83. The summed E-state index contributed by atoms with van der Waals surface area (Å²) < 4.78 is 0. The van der Waals surface area contributed by atoms with Crippen molar-refractivity contribution in [3.8, 4) is 0 Å². The van der Waals surface area contributed by atoms with E-state index < -0.39 is 0 Å². The molecule has 0 radical (unpaired) electrons. The molecule has 2 rings (SSSR count). The van der Waals surface area contributed by atoms with Gasteiger partial charge in [-0.25, -0.2) is 0 Å². The summed E-state index contributed by atoms with van der Waals surface area (Å²) in [6.45, 7) is 6.60. The fourth-order valence-electron chi connectivity index (χ4n) is 3.42. The SMILES string of the molecule is CCC1(C(=O)N2CCN(CCO)CC2)CCCC1. The van der Waals surface area contributed by atoms with Crippen LogP contribution in [0, 0.1) is 5.41 Å². The number of hydrogen-bond donors (Lipinski definition) is 1. The van der Waals surface area contributed by atoms with Crippen molar-refractivity contribution in [1.29, 1.82) is 0 Å². The molecule has 0 aromatic heterocycles. The second kappa shape index (κ2) is 6.02. The van der Waals surface area contributed by atoms with Crippen LogP contribution in [0.5, 0.6) is 0 Å². The van der Waals surface area contributed by atoms with Crippen molar-refractivity contribution < 1.29 is 9.90 Å². The monoisotopic (exact) mass is 254 g/mol. The van der Waals surface area contributed by atoms with E-state index in [1.807, 2.05) is 0 Å². The van der Waals surface area contributed by atoms with Crippen LogP contribution in [-0.2, 0) is 4.79 Å². The number of aliphatic hydroxyl groups is 1. The number of carbonyl (C=O) groups is 1. The predicted octanol–water partition coefficient (Wildman–Crippen LogP) is 1.09. The molecular weight excluding hydrogens is 228 g/mol. The van der Waals surface area contributed by atoms with E-state index in [0.717, 1.165) is 52.0 Å². The summed E-state index contributed by atoms with van der Waals surface area (Å²) in [7, 11) is 0. The van der Waals surface area contributed by atoms with Gasteiger partial charge in [0.05, 0.1) is 6.61 Å². The van der Waals surface area contributed by atoms with Crippen molar-refractivity contribution in [1.82, 2.24) is 9.80 Å². The molecular formula is C14H26N2O2. The number of rotatable bonds is 4. The zero-order valence-corrected chi connectivity index (χ0v) is 11.5. The molecule has 0 aromatic rings. The van der Waals surface area contributed by atoms with E-state index in [9.17, 15) is 4.79 Å². The number of β-amino-alcohol motifs (C(OH)–C–C–N with tert-alkyl or cyclic N) is 1. The Labute approximate surface area is 110 Å². The number of aliphatic hydroxyl groups excluding tert-OH is 1. The summed E-state index contributed by atoms with van der Waals surface area (Å²) in [5.74, 6) is 0.395. The molecule has 1 saturated carbocycles. The van der Waals surface area contributed by atoms with Gasteiger partial charge in [0.1, 0.15) is 0 Å². The van der Waals surface area contributed by atoms with E-state index in [1.54, 1.807) is 0 Å². The fourth-order valence-corrected chi connectivity index (χ4v) is 3.42. The molecule has 0 unspecified atom stereocenters. The molecule has 0 spiro atoms. The molecule has 1 aliphatic heterocycles. The Kier molecular flexibility index (Phi) is 4.62. The van der Waals surface area contributed by atoms with Crippen molar-refractivity contribution in [2.24, 2.45) is 5.41 Å². The van der Waals surface area contributed by atoms with E-state index in [2.05, 4.69) is 16.7 Å². The number of piperazine rings is 1. The molecule has 1 N–H and O–H groups in total. The van der Waals surface area contributed by atoms with Gasteiger partial charge in [0, 0.05) is 38.1 Å². The van der Waals surface area contributed by atoms with Gasteiger partial charge in [-0.1, -0.05) is 19.8 Å². The highest BCUT2D eigenvalue weighted by Crippen LogP contribution is 2.42. The minimum atomic E-state index is -0.0425. The summed E-state index contributed by atoms with van der Waals surface area (Å²) in [6.07, 6.45) is 5.58. The van der Waals surface area contributed by atoms with E-state index in [-0.39, 0.29) is 12.0 Å². The minimum Gasteiger partial charge on any atom is -0.395 e. The lowest BCUT2D eigenvalue weighted by Gasteiger charge is -2.39. The van der Waals surface area contributed by atoms with Crippen molar-refractivity contribution in [2.75, 3.05) is 39.3 Å². The maximum absolute atomic E-state index is 12.7. The highest BCUT2D eigenvalue weighted by atomic mass is 16.3. The lowest BCUT2D eigenvalue weighted by atomic mass is 9.81. The summed E-state index contributed by atoms with van der Waals surface area (Å²) >= 11 is 0. The third-order valence-corrected chi connectivity index (χ3v) is 4.77. The Morgan fingerprint density at radius 1 is 1.17 bits per heavy atom. The van der Waals surface area contributed by atoms with Gasteiger partial charge in [0.2, 0.25) is 5.91 Å². The van der Waals surface area contributed by atoms with E-state index in [0.29, 0.717) is 5.91 Å². The van der Waals surface area contributed by atoms with Crippen LogP contribution in [0.1, 0.15) is 39.0 Å². The van der Waals surface area contributed by atoms with Gasteiger partial charge in [-0.2, -0.15) is 0 Å². The van der Waals surface area contributed by atoms with Crippen molar-refractivity contribution >= 4 is 5.91 Å². The minimum absolute atomic E-state index is 0.0425. The van der Waals surface area contributed by atoms with E-state index >= 15 is 0 Å². The maximum atomic E-state index is 12.7. The third-order valence-electron chi connectivity index (χ3n) is 4.77. The number of carbonyl (C=O) groups excluding carboxylic acids is 1. The second-order valence-electron chi connectivity index (χ2n) is 5.70. The van der Waals surface area contributed by atoms with Gasteiger partial charge in [0.25, 0.3) is 0 Å². The van der Waals surface area contributed by atoms with Crippen molar-refractivity contribution in [3.05, 3.63) is 0 Å². The lowest BCUT2D eigenvalue weighted by Crippen LogP contribution is -2.53. The average Bonchev–Trinajstić information content (AvgIpc) is 2.89. The number of amides is 1. The maximum Gasteiger partial charge on any atom is 0.228 e. The van der Waals surface area contributed by atoms with Gasteiger partial charge in [-0.05, 0) is 19.3 Å². The number of nitrogens with zero attached hydrogens (tertiary/aromatic N) is 2. The highest BCUT2D eigenvalue weighted by Gasteiger charge is 2.42. The van der Waals surface area contributed by atoms with Crippen LogP contribution in [0.25, 0.3) is 0 Å². The molecule has 2 aliphatic rings. The Morgan fingerprint density at radius 3 is 2.28 bits per heavy atom. The average molecular weight is 254 g/mol. The third kappa shape index (κ3) is 2.69. The van der Waals surface area contributed by atoms with Crippen LogP contribution in [0.2, 0.25) is 0 Å². The first-order valence-electron chi connectivity index (χ1n) is 7.34. The molecule has 2 fully saturated rings. The van der Waals surface area contributed by atoms with Crippen LogP contribution >= 0.6 is 0 Å². The normalized spacial score (nSPS) is 24.4. The van der Waals surface area contributed by atoms with Gasteiger partial charge >= 0.3 is 0 Å². The van der Waals surface area contributed by atoms with E-state index in [1.165, 1.54) is 12.8 Å². The summed E-state index contributed by atoms with van der Waals surface area (Å²) in [6, 6.07) is 0. The Bertz CT molecular complexity index is 280. The largest absolute Gasteiger partial charge is 0.395 e. The smallest absolute Gasteiger partial charge is 0.228 e. The molecule has 0 aromatic carbocycles. The topological polar surface area (TPSA) is 43.8 Å². The first-order valence-corrected chi connectivity index (χ1v) is 7.34. The van der Waals surface area contributed by atoms with Crippen LogP contribution in [0.15, 0.2) is 0 Å². The molecule has 1 saturated heterocycles. The van der Waals surface area contributed by atoms with E-state index in [4.69, 9.17) is 5.11 Å². The Morgan fingerprint density at radius 2 is 1.78 bits per heavy atom. The Hall–Kier alpha value is -0.610. The quantitative estimate of drug-likeness (QED) is 0.817. The molecule has 18 heavy (non-hydrogen) atoms. The molecule has 0 bridgehead atoms. The van der Waals surface area contributed by atoms with Crippen LogP contribution in [0.4, 0.5) is 0 Å². The van der Waals surface area contributed by atoms with Gasteiger partial charge in [-0.3, -0.25) is 9.69 Å². The number of hydrogen-bond acceptors (Lipinski definition) is 3. The summed E-state index contributed by atoms with van der Waals surface area (Å²) in [5.41, 5.74) is -0.0425. The van der Waals surface area contributed by atoms with Crippen LogP contribution in [0.3, 0.4) is 0 Å². The second-order valence-corrected chi connectivity index (χ2v) is 5.70. The molecule has 1 amide bonds. The molecule has 1 aliphatic carbocycles. The van der Waals surface area contributed by atoms with Gasteiger partial charge < -0.3 is 10.0 Å². The molecule has 0 atom stereocenters. The van der Waals surface area contributed by atoms with Gasteiger partial charge in [-0.15, -0.1) is 0 Å². The predicted molar refractivity (Wildman–Crippen MR) is 71.3 cm³/mol. The van der Waals surface area contributed by atoms with Gasteiger partial charge in [0.15, 0.2) is 0 Å². The molecule has 1 heterocycles. The zero-order valence-electron chi connectivity index (χ0n) is 11.5. The summed E-state index contributed by atoms with van der Waals surface area (Å²) in [4.78, 5) is 17.0. The van der Waals surface area contributed by atoms with Crippen LogP contribution in [-0.4, -0.2) is 60.1 Å². The Balaban J connectivity index is 1.90. The standard InChI is InChI=1S/C14H26N2O2/c1-2-14(5-3-4-6-14)13(18)16-9-7-15(8-10-16)11-12-17/h17H,2-12H2,1H3. The fraction of sp³-hybridized carbons (Fsp3) is 0.929. The van der Waals surface area contributed by atoms with Crippen molar-refractivity contribution in [2.45, 2.75) is 39.0 Å². The first kappa shape index (κ1) is 13.8. The summed E-state index contributed by atoms with van der Waals surface area (Å²) in [5, 5.41) is 8.92. The van der Waals surface area contributed by atoms with Crippen molar-refractivity contribution in [3.63, 3.8) is 0 Å². The molecule has 104 valence electrons. The first-order chi connectivity index (χ1) is 8.72. The molecule has 4 nitrogen and oxygen atoms in total. The molecule has 4 heteroatoms. The zero-order chi connectivity index (χ0) is 13.0.